The maximum absolute atomic E-state index is 12.6. The molecule has 5 heteroatoms. The maximum atomic E-state index is 12.6. The van der Waals surface area contributed by atoms with Gasteiger partial charge in [-0.25, -0.2) is 4.79 Å². The Morgan fingerprint density at radius 2 is 1.35 bits per heavy atom. The van der Waals surface area contributed by atoms with Crippen molar-refractivity contribution in [2.75, 3.05) is 32.7 Å². The average Bonchev–Trinajstić information content (AvgIpc) is 2.82. The molecule has 0 saturated carbocycles. The highest BCUT2D eigenvalue weighted by Gasteiger charge is 2.27. The van der Waals surface area contributed by atoms with Crippen molar-refractivity contribution in [2.24, 2.45) is 0 Å². The summed E-state index contributed by atoms with van der Waals surface area (Å²) in [5.74, 6) is 0. The van der Waals surface area contributed by atoms with E-state index in [0.29, 0.717) is 6.54 Å². The van der Waals surface area contributed by atoms with Gasteiger partial charge in [0.25, 0.3) is 0 Å². The first-order chi connectivity index (χ1) is 15.2. The lowest BCUT2D eigenvalue weighted by molar-refractivity contribution is 0.120. The number of urea groups is 1. The van der Waals surface area contributed by atoms with Crippen molar-refractivity contribution in [2.45, 2.75) is 12.5 Å². The van der Waals surface area contributed by atoms with Gasteiger partial charge in [-0.3, -0.25) is 4.90 Å². The number of hydrogen-bond donors (Lipinski definition) is 1. The first kappa shape index (κ1) is 21.4. The molecule has 1 aliphatic heterocycles. The van der Waals surface area contributed by atoms with Crippen LogP contribution in [0.25, 0.3) is 0 Å². The molecule has 1 heterocycles. The normalized spacial score (nSPS) is 14.6. The van der Waals surface area contributed by atoms with Gasteiger partial charge < -0.3 is 10.2 Å². The molecule has 0 radical (unpaired) electrons. The number of carbonyl (C=O) groups excluding carboxylic acids is 1. The van der Waals surface area contributed by atoms with Crippen LogP contribution in [0.2, 0.25) is 5.02 Å². The van der Waals surface area contributed by atoms with Crippen LogP contribution < -0.4 is 5.32 Å². The molecular formula is C26H28ClN3O. The summed E-state index contributed by atoms with van der Waals surface area (Å²) >= 11 is 5.93. The van der Waals surface area contributed by atoms with E-state index < -0.39 is 0 Å². The van der Waals surface area contributed by atoms with Crippen molar-refractivity contribution < 1.29 is 4.79 Å². The zero-order valence-electron chi connectivity index (χ0n) is 17.6. The minimum absolute atomic E-state index is 0.0181. The number of piperazine rings is 1. The van der Waals surface area contributed by atoms with E-state index in [1.165, 1.54) is 16.7 Å². The second-order valence-corrected chi connectivity index (χ2v) is 8.29. The Morgan fingerprint density at radius 3 is 1.90 bits per heavy atom. The van der Waals surface area contributed by atoms with Gasteiger partial charge >= 0.3 is 6.03 Å². The predicted molar refractivity (Wildman–Crippen MR) is 126 cm³/mol. The molecular weight excluding hydrogens is 406 g/mol. The SMILES string of the molecule is O=C(NCCc1ccc(Cl)cc1)N1CCN(C(c2ccccc2)c2ccccc2)CC1. The molecule has 1 fully saturated rings. The molecule has 31 heavy (non-hydrogen) atoms. The Kier molecular flexibility index (Phi) is 7.23. The third-order valence-electron chi connectivity index (χ3n) is 5.80. The summed E-state index contributed by atoms with van der Waals surface area (Å²) in [7, 11) is 0. The van der Waals surface area contributed by atoms with Crippen molar-refractivity contribution in [3.8, 4) is 0 Å². The minimum Gasteiger partial charge on any atom is -0.338 e. The lowest BCUT2D eigenvalue weighted by Gasteiger charge is -2.39. The standard InChI is InChI=1S/C26H28ClN3O/c27-24-13-11-21(12-14-24)15-16-28-26(31)30-19-17-29(18-20-30)25(22-7-3-1-4-8-22)23-9-5-2-6-10-23/h1-14,25H,15-20H2,(H,28,31). The molecule has 0 bridgehead atoms. The van der Waals surface area contributed by atoms with E-state index in [0.717, 1.165) is 37.6 Å². The summed E-state index contributed by atoms with van der Waals surface area (Å²) in [6, 6.07) is 29.2. The number of amides is 2. The molecule has 4 nitrogen and oxygen atoms in total. The van der Waals surface area contributed by atoms with Crippen molar-refractivity contribution >= 4 is 17.6 Å². The molecule has 0 atom stereocenters. The summed E-state index contributed by atoms with van der Waals surface area (Å²) in [6.07, 6.45) is 0.799. The third-order valence-corrected chi connectivity index (χ3v) is 6.05. The first-order valence-corrected chi connectivity index (χ1v) is 11.2. The van der Waals surface area contributed by atoms with E-state index in [2.05, 4.69) is 70.9 Å². The molecule has 2 amide bonds. The highest BCUT2D eigenvalue weighted by molar-refractivity contribution is 6.30. The van der Waals surface area contributed by atoms with E-state index in [4.69, 9.17) is 11.6 Å². The maximum Gasteiger partial charge on any atom is 0.317 e. The van der Waals surface area contributed by atoms with Gasteiger partial charge in [-0.2, -0.15) is 0 Å². The summed E-state index contributed by atoms with van der Waals surface area (Å²) in [5, 5.41) is 3.79. The second-order valence-electron chi connectivity index (χ2n) is 7.86. The van der Waals surface area contributed by atoms with Crippen LogP contribution in [0, 0.1) is 0 Å². The number of benzene rings is 3. The molecule has 3 aromatic carbocycles. The van der Waals surface area contributed by atoms with Crippen LogP contribution in [0.1, 0.15) is 22.7 Å². The predicted octanol–water partition coefficient (Wildman–Crippen LogP) is 5.00. The Morgan fingerprint density at radius 1 is 0.806 bits per heavy atom. The first-order valence-electron chi connectivity index (χ1n) is 10.8. The van der Waals surface area contributed by atoms with Crippen LogP contribution in [0.15, 0.2) is 84.9 Å². The smallest absolute Gasteiger partial charge is 0.317 e. The van der Waals surface area contributed by atoms with Crippen LogP contribution in [0.3, 0.4) is 0 Å². The number of halogens is 1. The van der Waals surface area contributed by atoms with Crippen LogP contribution >= 0.6 is 11.6 Å². The summed E-state index contributed by atoms with van der Waals surface area (Å²) in [6.45, 7) is 3.77. The van der Waals surface area contributed by atoms with Gasteiger partial charge in [0.15, 0.2) is 0 Å². The Balaban J connectivity index is 1.33. The highest BCUT2D eigenvalue weighted by atomic mass is 35.5. The average molecular weight is 434 g/mol. The summed E-state index contributed by atoms with van der Waals surface area (Å²) < 4.78 is 0. The van der Waals surface area contributed by atoms with Gasteiger partial charge in [0.2, 0.25) is 0 Å². The molecule has 1 saturated heterocycles. The largest absolute Gasteiger partial charge is 0.338 e. The van der Waals surface area contributed by atoms with Gasteiger partial charge in [0, 0.05) is 37.7 Å². The lowest BCUT2D eigenvalue weighted by atomic mass is 9.96. The molecule has 1 N–H and O–H groups in total. The number of hydrogen-bond acceptors (Lipinski definition) is 2. The molecule has 4 rings (SSSR count). The van der Waals surface area contributed by atoms with Crippen LogP contribution in [-0.2, 0) is 6.42 Å². The Hall–Kier alpha value is -2.82. The van der Waals surface area contributed by atoms with E-state index >= 15 is 0 Å². The molecule has 0 unspecified atom stereocenters. The quantitative estimate of drug-likeness (QED) is 0.593. The Bertz CT molecular complexity index is 915. The van der Waals surface area contributed by atoms with Crippen LogP contribution in [0.4, 0.5) is 4.79 Å². The topological polar surface area (TPSA) is 35.6 Å². The van der Waals surface area contributed by atoms with Crippen molar-refractivity contribution in [3.05, 3.63) is 107 Å². The third kappa shape index (κ3) is 5.66. The van der Waals surface area contributed by atoms with E-state index in [-0.39, 0.29) is 12.1 Å². The highest BCUT2D eigenvalue weighted by Crippen LogP contribution is 2.29. The summed E-state index contributed by atoms with van der Waals surface area (Å²) in [5.41, 5.74) is 3.74. The van der Waals surface area contributed by atoms with Gasteiger partial charge in [0.05, 0.1) is 6.04 Å². The van der Waals surface area contributed by atoms with Gasteiger partial charge in [-0.05, 0) is 35.2 Å². The lowest BCUT2D eigenvalue weighted by Crippen LogP contribution is -2.52. The fourth-order valence-corrected chi connectivity index (χ4v) is 4.27. The molecule has 3 aromatic rings. The second kappa shape index (κ2) is 10.5. The van der Waals surface area contributed by atoms with Gasteiger partial charge in [-0.15, -0.1) is 0 Å². The van der Waals surface area contributed by atoms with Crippen molar-refractivity contribution in [1.82, 2.24) is 15.1 Å². The van der Waals surface area contributed by atoms with E-state index in [9.17, 15) is 4.79 Å². The fraction of sp³-hybridized carbons (Fsp3) is 0.269. The minimum atomic E-state index is 0.0181. The summed E-state index contributed by atoms with van der Waals surface area (Å²) in [4.78, 5) is 17.0. The fourth-order valence-electron chi connectivity index (χ4n) is 4.14. The van der Waals surface area contributed by atoms with Crippen LogP contribution in [-0.4, -0.2) is 48.6 Å². The number of rotatable bonds is 6. The number of carbonyl (C=O) groups is 1. The number of nitrogens with one attached hydrogen (secondary N) is 1. The molecule has 0 aliphatic carbocycles. The number of nitrogens with zero attached hydrogens (tertiary/aromatic N) is 2. The van der Waals surface area contributed by atoms with Crippen LogP contribution in [0.5, 0.6) is 0 Å². The van der Waals surface area contributed by atoms with E-state index in [1.807, 2.05) is 29.2 Å². The Labute approximate surface area is 189 Å². The molecule has 160 valence electrons. The monoisotopic (exact) mass is 433 g/mol. The molecule has 1 aliphatic rings. The van der Waals surface area contributed by atoms with Crippen molar-refractivity contribution in [1.29, 1.82) is 0 Å². The zero-order chi connectivity index (χ0) is 21.5. The van der Waals surface area contributed by atoms with Gasteiger partial charge in [0.1, 0.15) is 0 Å². The molecule has 0 aromatic heterocycles. The van der Waals surface area contributed by atoms with E-state index in [1.54, 1.807) is 0 Å². The van der Waals surface area contributed by atoms with Gasteiger partial charge in [-0.1, -0.05) is 84.4 Å². The zero-order valence-corrected chi connectivity index (χ0v) is 18.3. The van der Waals surface area contributed by atoms with Crippen molar-refractivity contribution in [3.63, 3.8) is 0 Å². The molecule has 0 spiro atoms.